The van der Waals surface area contributed by atoms with Gasteiger partial charge in [0.15, 0.2) is 0 Å². The van der Waals surface area contributed by atoms with Crippen LogP contribution in [0, 0.1) is 5.41 Å². The number of esters is 1. The lowest BCUT2D eigenvalue weighted by Gasteiger charge is -2.34. The molecule has 0 heterocycles. The minimum Gasteiger partial charge on any atom is -0.466 e. The molecule has 2 rings (SSSR count). The summed E-state index contributed by atoms with van der Waals surface area (Å²) in [6, 6.07) is 9.87. The zero-order valence-corrected chi connectivity index (χ0v) is 11.4. The van der Waals surface area contributed by atoms with Crippen molar-refractivity contribution < 1.29 is 14.3 Å². The van der Waals surface area contributed by atoms with Gasteiger partial charge in [-0.25, -0.2) is 0 Å². The topological polar surface area (TPSA) is 43.4 Å². The maximum absolute atomic E-state index is 12.3. The van der Waals surface area contributed by atoms with Crippen molar-refractivity contribution in [2.75, 3.05) is 6.61 Å². The molecule has 1 saturated carbocycles. The molecule has 19 heavy (non-hydrogen) atoms. The number of benzene rings is 1. The molecule has 0 N–H and O–H groups in total. The molecule has 0 spiro atoms. The average Bonchev–Trinajstić information content (AvgIpc) is 2.40. The zero-order valence-electron chi connectivity index (χ0n) is 11.4. The Hall–Kier alpha value is -1.64. The van der Waals surface area contributed by atoms with E-state index in [-0.39, 0.29) is 11.8 Å². The van der Waals surface area contributed by atoms with Gasteiger partial charge in [-0.15, -0.1) is 0 Å². The van der Waals surface area contributed by atoms with Crippen molar-refractivity contribution in [2.45, 2.75) is 39.0 Å². The van der Waals surface area contributed by atoms with E-state index < -0.39 is 5.41 Å². The van der Waals surface area contributed by atoms with E-state index in [0.29, 0.717) is 25.9 Å². The van der Waals surface area contributed by atoms with E-state index in [1.807, 2.05) is 30.3 Å². The third-order valence-electron chi connectivity index (χ3n) is 3.74. The Labute approximate surface area is 114 Å². The SMILES string of the molecule is CCOC(=O)[C@]1(Cc2ccccc2)CCCC(=O)C1. The molecule has 1 atom stereocenters. The first kappa shape index (κ1) is 13.8. The maximum Gasteiger partial charge on any atom is 0.312 e. The molecule has 1 aliphatic rings. The van der Waals surface area contributed by atoms with Gasteiger partial charge in [-0.05, 0) is 31.7 Å². The van der Waals surface area contributed by atoms with Gasteiger partial charge in [-0.1, -0.05) is 30.3 Å². The molecule has 0 aliphatic heterocycles. The number of rotatable bonds is 4. The highest BCUT2D eigenvalue weighted by molar-refractivity contribution is 5.88. The van der Waals surface area contributed by atoms with E-state index >= 15 is 0 Å². The van der Waals surface area contributed by atoms with E-state index in [4.69, 9.17) is 4.74 Å². The van der Waals surface area contributed by atoms with Gasteiger partial charge in [0.1, 0.15) is 5.78 Å². The normalized spacial score (nSPS) is 23.1. The minimum absolute atomic E-state index is 0.176. The van der Waals surface area contributed by atoms with Gasteiger partial charge >= 0.3 is 5.97 Å². The first-order valence-corrected chi connectivity index (χ1v) is 6.89. The van der Waals surface area contributed by atoms with Gasteiger partial charge in [0.05, 0.1) is 12.0 Å². The molecular formula is C16H20O3. The molecule has 1 aliphatic carbocycles. The molecule has 3 heteroatoms. The van der Waals surface area contributed by atoms with Crippen LogP contribution in [0.15, 0.2) is 30.3 Å². The number of hydrogen-bond acceptors (Lipinski definition) is 3. The van der Waals surface area contributed by atoms with Gasteiger partial charge < -0.3 is 4.74 Å². The Morgan fingerprint density at radius 2 is 2.05 bits per heavy atom. The molecule has 0 unspecified atom stereocenters. The summed E-state index contributed by atoms with van der Waals surface area (Å²) in [6.07, 6.45) is 3.03. The summed E-state index contributed by atoms with van der Waals surface area (Å²) >= 11 is 0. The molecule has 0 amide bonds. The Bertz CT molecular complexity index is 452. The van der Waals surface area contributed by atoms with Crippen molar-refractivity contribution in [1.82, 2.24) is 0 Å². The minimum atomic E-state index is -0.646. The summed E-state index contributed by atoms with van der Waals surface area (Å²) in [4.78, 5) is 24.1. The summed E-state index contributed by atoms with van der Waals surface area (Å²) in [5, 5.41) is 0. The number of hydrogen-bond donors (Lipinski definition) is 0. The van der Waals surface area contributed by atoms with Crippen LogP contribution >= 0.6 is 0 Å². The summed E-state index contributed by atoms with van der Waals surface area (Å²) in [7, 11) is 0. The Morgan fingerprint density at radius 3 is 2.68 bits per heavy atom. The summed E-state index contributed by atoms with van der Waals surface area (Å²) in [5.74, 6) is -0.0397. The molecule has 0 saturated heterocycles. The monoisotopic (exact) mass is 260 g/mol. The molecule has 1 aromatic rings. The number of carbonyl (C=O) groups excluding carboxylic acids is 2. The molecule has 3 nitrogen and oxygen atoms in total. The van der Waals surface area contributed by atoms with Gasteiger partial charge in [0, 0.05) is 12.8 Å². The molecule has 1 fully saturated rings. The van der Waals surface area contributed by atoms with Crippen LogP contribution < -0.4 is 0 Å². The standard InChI is InChI=1S/C16H20O3/c1-2-19-15(18)16(10-6-9-14(17)12-16)11-13-7-4-3-5-8-13/h3-5,7-8H,2,6,9-12H2,1H3/t16-/m0/s1. The van der Waals surface area contributed by atoms with Crippen LogP contribution in [-0.2, 0) is 20.7 Å². The fraction of sp³-hybridized carbons (Fsp3) is 0.500. The highest BCUT2D eigenvalue weighted by Gasteiger charge is 2.43. The second kappa shape index (κ2) is 6.00. The fourth-order valence-electron chi connectivity index (χ4n) is 2.85. The highest BCUT2D eigenvalue weighted by Crippen LogP contribution is 2.39. The fourth-order valence-corrected chi connectivity index (χ4v) is 2.85. The first-order chi connectivity index (χ1) is 9.16. The highest BCUT2D eigenvalue weighted by atomic mass is 16.5. The van der Waals surface area contributed by atoms with Crippen LogP contribution in [0.2, 0.25) is 0 Å². The van der Waals surface area contributed by atoms with Crippen LogP contribution in [0.25, 0.3) is 0 Å². The molecule has 0 radical (unpaired) electrons. The van der Waals surface area contributed by atoms with E-state index in [9.17, 15) is 9.59 Å². The molecule has 1 aromatic carbocycles. The Kier molecular flexibility index (Phi) is 4.35. The third-order valence-corrected chi connectivity index (χ3v) is 3.74. The van der Waals surface area contributed by atoms with Gasteiger partial charge in [0.25, 0.3) is 0 Å². The smallest absolute Gasteiger partial charge is 0.312 e. The second-order valence-corrected chi connectivity index (χ2v) is 5.23. The summed E-state index contributed by atoms with van der Waals surface area (Å²) in [5.41, 5.74) is 0.442. The maximum atomic E-state index is 12.3. The van der Waals surface area contributed by atoms with E-state index in [2.05, 4.69) is 0 Å². The zero-order chi connectivity index (χ0) is 13.7. The van der Waals surface area contributed by atoms with Gasteiger partial charge in [-0.2, -0.15) is 0 Å². The van der Waals surface area contributed by atoms with Crippen LogP contribution in [-0.4, -0.2) is 18.4 Å². The van der Waals surface area contributed by atoms with E-state index in [1.54, 1.807) is 6.92 Å². The largest absolute Gasteiger partial charge is 0.466 e. The van der Waals surface area contributed by atoms with Crippen molar-refractivity contribution in [3.63, 3.8) is 0 Å². The van der Waals surface area contributed by atoms with Crippen molar-refractivity contribution in [2.24, 2.45) is 5.41 Å². The molecule has 102 valence electrons. The van der Waals surface area contributed by atoms with Crippen LogP contribution in [0.1, 0.15) is 38.2 Å². The Balaban J connectivity index is 2.23. The average molecular weight is 260 g/mol. The van der Waals surface area contributed by atoms with Gasteiger partial charge in [-0.3, -0.25) is 9.59 Å². The van der Waals surface area contributed by atoms with Crippen molar-refractivity contribution in [1.29, 1.82) is 0 Å². The van der Waals surface area contributed by atoms with Crippen molar-refractivity contribution >= 4 is 11.8 Å². The third kappa shape index (κ3) is 3.22. The van der Waals surface area contributed by atoms with Gasteiger partial charge in [0.2, 0.25) is 0 Å². The first-order valence-electron chi connectivity index (χ1n) is 6.89. The van der Waals surface area contributed by atoms with E-state index in [1.165, 1.54) is 0 Å². The summed E-state index contributed by atoms with van der Waals surface area (Å²) < 4.78 is 5.21. The predicted octanol–water partition coefficient (Wildman–Crippen LogP) is 2.92. The number of ether oxygens (including phenoxy) is 1. The van der Waals surface area contributed by atoms with Crippen molar-refractivity contribution in [3.05, 3.63) is 35.9 Å². The number of ketones is 1. The predicted molar refractivity (Wildman–Crippen MR) is 72.7 cm³/mol. The Morgan fingerprint density at radius 1 is 1.32 bits per heavy atom. The second-order valence-electron chi connectivity index (χ2n) is 5.23. The quantitative estimate of drug-likeness (QED) is 0.782. The number of Topliss-reactive ketones (excluding diaryl/α,β-unsaturated/α-hetero) is 1. The molecular weight excluding hydrogens is 240 g/mol. The molecule has 0 aromatic heterocycles. The van der Waals surface area contributed by atoms with E-state index in [0.717, 1.165) is 18.4 Å². The lowest BCUT2D eigenvalue weighted by atomic mass is 9.70. The lowest BCUT2D eigenvalue weighted by Crippen LogP contribution is -2.40. The lowest BCUT2D eigenvalue weighted by molar-refractivity contribution is -0.159. The van der Waals surface area contributed by atoms with Crippen molar-refractivity contribution in [3.8, 4) is 0 Å². The number of carbonyl (C=O) groups is 2. The molecule has 0 bridgehead atoms. The van der Waals surface area contributed by atoms with Crippen LogP contribution in [0.3, 0.4) is 0 Å². The summed E-state index contributed by atoms with van der Waals surface area (Å²) in [6.45, 7) is 2.17. The van der Waals surface area contributed by atoms with Crippen LogP contribution in [0.4, 0.5) is 0 Å². The van der Waals surface area contributed by atoms with Crippen LogP contribution in [0.5, 0.6) is 0 Å².